The van der Waals surface area contributed by atoms with E-state index in [-0.39, 0.29) is 17.9 Å². The Bertz CT molecular complexity index is 1060. The molecule has 0 radical (unpaired) electrons. The Labute approximate surface area is 185 Å². The summed E-state index contributed by atoms with van der Waals surface area (Å²) >= 11 is 0. The SMILES string of the molecule is C=CC(O)Nc1cccc(Nc2nc(Nc3ccc(O[C@@H]4CCOC4)cc3)ncc2F)c1. The molecule has 1 fully saturated rings. The van der Waals surface area contributed by atoms with Crippen LogP contribution in [0.3, 0.4) is 0 Å². The van der Waals surface area contributed by atoms with Gasteiger partial charge in [-0.1, -0.05) is 12.6 Å². The lowest BCUT2D eigenvalue weighted by Crippen LogP contribution is -2.15. The van der Waals surface area contributed by atoms with Gasteiger partial charge in [0.2, 0.25) is 5.95 Å². The third kappa shape index (κ3) is 5.71. The van der Waals surface area contributed by atoms with Crippen molar-refractivity contribution in [1.29, 1.82) is 0 Å². The van der Waals surface area contributed by atoms with Gasteiger partial charge in [-0.3, -0.25) is 0 Å². The number of aliphatic hydroxyl groups is 1. The van der Waals surface area contributed by atoms with Crippen molar-refractivity contribution in [2.75, 3.05) is 29.2 Å². The number of halogens is 1. The fourth-order valence-electron chi connectivity index (χ4n) is 3.11. The van der Waals surface area contributed by atoms with E-state index >= 15 is 0 Å². The maximum Gasteiger partial charge on any atom is 0.229 e. The van der Waals surface area contributed by atoms with E-state index in [4.69, 9.17) is 9.47 Å². The van der Waals surface area contributed by atoms with Gasteiger partial charge in [-0.15, -0.1) is 0 Å². The van der Waals surface area contributed by atoms with Gasteiger partial charge in [0, 0.05) is 23.5 Å². The average molecular weight is 437 g/mol. The number of benzene rings is 2. The van der Waals surface area contributed by atoms with Gasteiger partial charge in [0.1, 0.15) is 18.1 Å². The van der Waals surface area contributed by atoms with Crippen molar-refractivity contribution in [3.8, 4) is 5.75 Å². The van der Waals surface area contributed by atoms with Gasteiger partial charge >= 0.3 is 0 Å². The molecule has 4 N–H and O–H groups in total. The van der Waals surface area contributed by atoms with Crippen molar-refractivity contribution >= 4 is 28.8 Å². The zero-order valence-electron chi connectivity index (χ0n) is 17.3. The van der Waals surface area contributed by atoms with E-state index in [1.165, 1.54) is 6.08 Å². The van der Waals surface area contributed by atoms with Crippen LogP contribution in [0.2, 0.25) is 0 Å². The first-order chi connectivity index (χ1) is 15.6. The molecule has 8 nitrogen and oxygen atoms in total. The van der Waals surface area contributed by atoms with Crippen LogP contribution in [-0.4, -0.2) is 40.6 Å². The summed E-state index contributed by atoms with van der Waals surface area (Å²) in [4.78, 5) is 8.24. The van der Waals surface area contributed by atoms with Crippen LogP contribution < -0.4 is 20.7 Å². The maximum atomic E-state index is 14.3. The van der Waals surface area contributed by atoms with Gasteiger partial charge in [-0.2, -0.15) is 4.98 Å². The molecule has 0 bridgehead atoms. The third-order valence-electron chi connectivity index (χ3n) is 4.71. The van der Waals surface area contributed by atoms with Crippen molar-refractivity contribution in [3.05, 3.63) is 73.2 Å². The molecule has 9 heteroatoms. The lowest BCUT2D eigenvalue weighted by atomic mass is 10.2. The van der Waals surface area contributed by atoms with Crippen LogP contribution in [0.4, 0.5) is 33.2 Å². The zero-order valence-corrected chi connectivity index (χ0v) is 17.3. The minimum absolute atomic E-state index is 0.0186. The molecule has 1 unspecified atom stereocenters. The van der Waals surface area contributed by atoms with Gasteiger partial charge in [0.05, 0.1) is 19.4 Å². The number of rotatable bonds is 9. The molecule has 4 rings (SSSR count). The van der Waals surface area contributed by atoms with Crippen LogP contribution in [0.15, 0.2) is 67.4 Å². The Morgan fingerprint density at radius 3 is 2.72 bits per heavy atom. The maximum absolute atomic E-state index is 14.3. The predicted molar refractivity (Wildman–Crippen MR) is 121 cm³/mol. The van der Waals surface area contributed by atoms with Gasteiger partial charge < -0.3 is 30.5 Å². The normalized spacial score (nSPS) is 16.2. The van der Waals surface area contributed by atoms with Gasteiger partial charge in [0.25, 0.3) is 0 Å². The number of hydrogen-bond donors (Lipinski definition) is 4. The first-order valence-corrected chi connectivity index (χ1v) is 10.2. The number of anilines is 5. The molecule has 32 heavy (non-hydrogen) atoms. The molecule has 166 valence electrons. The minimum Gasteiger partial charge on any atom is -0.488 e. The molecule has 1 saturated heterocycles. The standard InChI is InChI=1S/C23H24FN5O3/c1-2-21(30)26-16-4-3-5-17(12-16)27-22-20(24)13-25-23(29-22)28-15-6-8-18(9-7-15)32-19-10-11-31-14-19/h2-9,12-13,19,21,26,30H,1,10-11,14H2,(H2,25,27,28,29)/t19-,21?/m1/s1. The topological polar surface area (TPSA) is 101 Å². The van der Waals surface area contributed by atoms with Gasteiger partial charge in [-0.05, 0) is 48.5 Å². The first kappa shape index (κ1) is 21.5. The van der Waals surface area contributed by atoms with Gasteiger partial charge in [0.15, 0.2) is 11.6 Å². The summed E-state index contributed by atoms with van der Waals surface area (Å²) < 4.78 is 25.5. The van der Waals surface area contributed by atoms with E-state index in [2.05, 4.69) is 32.5 Å². The number of aliphatic hydroxyl groups excluding tert-OH is 1. The van der Waals surface area contributed by atoms with Crippen LogP contribution >= 0.6 is 0 Å². The second-order valence-electron chi connectivity index (χ2n) is 7.17. The Morgan fingerprint density at radius 2 is 1.97 bits per heavy atom. The molecule has 0 amide bonds. The highest BCUT2D eigenvalue weighted by atomic mass is 19.1. The van der Waals surface area contributed by atoms with Crippen LogP contribution in [0.25, 0.3) is 0 Å². The van der Waals surface area contributed by atoms with E-state index in [1.807, 2.05) is 24.3 Å². The summed E-state index contributed by atoms with van der Waals surface area (Å²) in [5.74, 6) is 0.416. The summed E-state index contributed by atoms with van der Waals surface area (Å²) in [5.41, 5.74) is 1.97. The fourth-order valence-corrected chi connectivity index (χ4v) is 3.11. The molecule has 3 aromatic rings. The Hall–Kier alpha value is -3.69. The quantitative estimate of drug-likeness (QED) is 0.292. The lowest BCUT2D eigenvalue weighted by Gasteiger charge is -2.13. The van der Waals surface area contributed by atoms with Crippen LogP contribution in [0, 0.1) is 5.82 Å². The predicted octanol–water partition coefficient (Wildman–Crippen LogP) is 4.19. The number of ether oxygens (including phenoxy) is 2. The largest absolute Gasteiger partial charge is 0.488 e. The summed E-state index contributed by atoms with van der Waals surface area (Å²) in [6.45, 7) is 4.84. The number of nitrogens with one attached hydrogen (secondary N) is 3. The molecule has 2 atom stereocenters. The molecule has 0 spiro atoms. The highest BCUT2D eigenvalue weighted by molar-refractivity contribution is 5.64. The molecular weight excluding hydrogens is 413 g/mol. The van der Waals surface area contributed by atoms with E-state index < -0.39 is 12.0 Å². The summed E-state index contributed by atoms with van der Waals surface area (Å²) in [5, 5.41) is 18.5. The number of aromatic nitrogens is 2. The highest BCUT2D eigenvalue weighted by Crippen LogP contribution is 2.24. The first-order valence-electron chi connectivity index (χ1n) is 10.2. The van der Waals surface area contributed by atoms with E-state index in [9.17, 15) is 9.50 Å². The lowest BCUT2D eigenvalue weighted by molar-refractivity contribution is 0.141. The highest BCUT2D eigenvalue weighted by Gasteiger charge is 2.17. The van der Waals surface area contributed by atoms with Crippen LogP contribution in [0.5, 0.6) is 5.75 Å². The van der Waals surface area contributed by atoms with E-state index in [0.717, 1.165) is 30.7 Å². The molecule has 1 aliphatic heterocycles. The Morgan fingerprint density at radius 1 is 1.16 bits per heavy atom. The molecule has 1 aliphatic rings. The van der Waals surface area contributed by atoms with E-state index in [0.29, 0.717) is 18.0 Å². The Kier molecular flexibility index (Phi) is 6.78. The summed E-state index contributed by atoms with van der Waals surface area (Å²) in [6, 6.07) is 14.4. The van der Waals surface area contributed by atoms with Crippen molar-refractivity contribution in [3.63, 3.8) is 0 Å². The molecule has 1 aromatic heterocycles. The number of hydrogen-bond acceptors (Lipinski definition) is 8. The fraction of sp³-hybridized carbons (Fsp3) is 0.217. The molecule has 0 aliphatic carbocycles. The summed E-state index contributed by atoms with van der Waals surface area (Å²) in [7, 11) is 0. The number of nitrogens with zero attached hydrogens (tertiary/aromatic N) is 2. The van der Waals surface area contributed by atoms with Crippen molar-refractivity contribution in [2.24, 2.45) is 0 Å². The smallest absolute Gasteiger partial charge is 0.229 e. The van der Waals surface area contributed by atoms with E-state index in [1.54, 1.807) is 24.3 Å². The van der Waals surface area contributed by atoms with Crippen molar-refractivity contribution in [2.45, 2.75) is 18.8 Å². The molecule has 2 aromatic carbocycles. The van der Waals surface area contributed by atoms with Crippen molar-refractivity contribution < 1.29 is 19.0 Å². The minimum atomic E-state index is -0.889. The monoisotopic (exact) mass is 437 g/mol. The van der Waals surface area contributed by atoms with Crippen LogP contribution in [0.1, 0.15) is 6.42 Å². The van der Waals surface area contributed by atoms with Gasteiger partial charge in [-0.25, -0.2) is 9.37 Å². The van der Waals surface area contributed by atoms with Crippen LogP contribution in [-0.2, 0) is 4.74 Å². The third-order valence-corrected chi connectivity index (χ3v) is 4.71. The molecule has 0 saturated carbocycles. The molecule has 2 heterocycles. The zero-order chi connectivity index (χ0) is 22.3. The van der Waals surface area contributed by atoms with Crippen molar-refractivity contribution in [1.82, 2.24) is 9.97 Å². The summed E-state index contributed by atoms with van der Waals surface area (Å²) in [6.07, 6.45) is 2.53. The Balaban J connectivity index is 1.42. The average Bonchev–Trinajstić information content (AvgIpc) is 3.31. The second-order valence-corrected chi connectivity index (χ2v) is 7.17. The molecular formula is C23H24FN5O3. The second kappa shape index (κ2) is 10.1.